The quantitative estimate of drug-likeness (QED) is 0.729. The molecule has 100 valence electrons. The Morgan fingerprint density at radius 1 is 0.950 bits per heavy atom. The maximum Gasteiger partial charge on any atom is 0.437 e. The first-order valence-electron chi connectivity index (χ1n) is 6.50. The molecule has 20 heavy (non-hydrogen) atoms. The zero-order valence-corrected chi connectivity index (χ0v) is 10.9. The summed E-state index contributed by atoms with van der Waals surface area (Å²) in [4.78, 5) is 11.8. The lowest BCUT2D eigenvalue weighted by molar-refractivity contribution is 0.481. The number of nitrogens with zero attached hydrogens (tertiary/aromatic N) is 2. The predicted molar refractivity (Wildman–Crippen MR) is 76.3 cm³/mol. The van der Waals surface area contributed by atoms with Gasteiger partial charge in [-0.05, 0) is 24.1 Å². The Hall–Kier alpha value is -2.62. The van der Waals surface area contributed by atoms with Gasteiger partial charge in [0.25, 0.3) is 0 Å². The minimum Gasteiger partial charge on any atom is -0.388 e. The number of aryl methyl sites for hydroxylation is 2. The zero-order chi connectivity index (χ0) is 13.8. The van der Waals surface area contributed by atoms with Gasteiger partial charge in [-0.2, -0.15) is 4.68 Å². The zero-order valence-electron chi connectivity index (χ0n) is 10.9. The fourth-order valence-electron chi connectivity index (χ4n) is 2.02. The van der Waals surface area contributed by atoms with Crippen LogP contribution in [0.3, 0.4) is 0 Å². The van der Waals surface area contributed by atoms with Crippen molar-refractivity contribution in [2.24, 2.45) is 0 Å². The summed E-state index contributed by atoms with van der Waals surface area (Å²) in [6, 6.07) is 19.4. The Morgan fingerprint density at radius 2 is 1.60 bits per heavy atom. The smallest absolute Gasteiger partial charge is 0.388 e. The molecule has 0 unspecified atom stereocenters. The molecule has 1 aromatic heterocycles. The fourth-order valence-corrected chi connectivity index (χ4v) is 2.02. The van der Waals surface area contributed by atoms with E-state index < -0.39 is 5.76 Å². The van der Waals surface area contributed by atoms with E-state index in [4.69, 9.17) is 4.42 Å². The van der Waals surface area contributed by atoms with Crippen LogP contribution in [0.1, 0.15) is 5.56 Å². The molecule has 0 aliphatic rings. The van der Waals surface area contributed by atoms with E-state index in [9.17, 15) is 4.79 Å². The van der Waals surface area contributed by atoms with E-state index in [0.29, 0.717) is 12.4 Å². The average molecular weight is 266 g/mol. The van der Waals surface area contributed by atoms with Crippen molar-refractivity contribution in [3.05, 3.63) is 76.8 Å². The molecule has 4 nitrogen and oxygen atoms in total. The topological polar surface area (TPSA) is 48.0 Å². The van der Waals surface area contributed by atoms with Crippen molar-refractivity contribution in [3.8, 4) is 11.5 Å². The van der Waals surface area contributed by atoms with Crippen molar-refractivity contribution in [1.29, 1.82) is 0 Å². The molecule has 0 saturated heterocycles. The van der Waals surface area contributed by atoms with Gasteiger partial charge in [-0.25, -0.2) is 4.79 Å². The van der Waals surface area contributed by atoms with Crippen LogP contribution in [0.15, 0.2) is 69.9 Å². The van der Waals surface area contributed by atoms with Gasteiger partial charge in [0.15, 0.2) is 0 Å². The van der Waals surface area contributed by atoms with Gasteiger partial charge in [0.2, 0.25) is 5.89 Å². The molecule has 0 fully saturated rings. The van der Waals surface area contributed by atoms with Crippen molar-refractivity contribution in [2.45, 2.75) is 13.0 Å². The van der Waals surface area contributed by atoms with Crippen molar-refractivity contribution >= 4 is 0 Å². The fraction of sp³-hybridized carbons (Fsp3) is 0.125. The van der Waals surface area contributed by atoms with Gasteiger partial charge < -0.3 is 4.42 Å². The van der Waals surface area contributed by atoms with E-state index in [0.717, 1.165) is 12.0 Å². The van der Waals surface area contributed by atoms with Gasteiger partial charge >= 0.3 is 5.76 Å². The Kier molecular flexibility index (Phi) is 3.46. The summed E-state index contributed by atoms with van der Waals surface area (Å²) in [6.07, 6.45) is 0.751. The lowest BCUT2D eigenvalue weighted by Gasteiger charge is -1.99. The van der Waals surface area contributed by atoms with Gasteiger partial charge in [0, 0.05) is 5.56 Å². The van der Waals surface area contributed by atoms with E-state index in [1.165, 1.54) is 10.2 Å². The Balaban J connectivity index is 1.78. The number of hydrogen-bond donors (Lipinski definition) is 0. The maximum atomic E-state index is 11.8. The van der Waals surface area contributed by atoms with Crippen LogP contribution in [0.5, 0.6) is 0 Å². The van der Waals surface area contributed by atoms with Gasteiger partial charge in [-0.3, -0.25) is 0 Å². The molecule has 0 aliphatic carbocycles. The third kappa shape index (κ3) is 2.69. The second-order valence-electron chi connectivity index (χ2n) is 4.50. The van der Waals surface area contributed by atoms with Crippen LogP contribution in [0.4, 0.5) is 0 Å². The number of rotatable bonds is 4. The van der Waals surface area contributed by atoms with Crippen LogP contribution in [0.2, 0.25) is 0 Å². The summed E-state index contributed by atoms with van der Waals surface area (Å²) in [7, 11) is 0. The highest BCUT2D eigenvalue weighted by Crippen LogP contribution is 2.14. The largest absolute Gasteiger partial charge is 0.437 e. The minimum absolute atomic E-state index is 0.365. The third-order valence-electron chi connectivity index (χ3n) is 3.08. The molecule has 0 spiro atoms. The summed E-state index contributed by atoms with van der Waals surface area (Å²) in [5.41, 5.74) is 1.98. The molecule has 3 aromatic rings. The molecular formula is C16H14N2O2. The summed E-state index contributed by atoms with van der Waals surface area (Å²) in [5, 5.41) is 4.23. The van der Waals surface area contributed by atoms with Crippen LogP contribution in [0.25, 0.3) is 11.5 Å². The van der Waals surface area contributed by atoms with E-state index in [2.05, 4.69) is 5.10 Å². The molecule has 0 N–H and O–H groups in total. The Labute approximate surface area is 116 Å². The van der Waals surface area contributed by atoms with Crippen LogP contribution in [-0.2, 0) is 13.0 Å². The molecule has 0 saturated carbocycles. The minimum atomic E-state index is -0.417. The second-order valence-corrected chi connectivity index (χ2v) is 4.50. The standard InChI is InChI=1S/C16H14N2O2/c19-16-18(12-11-13-7-3-1-4-8-13)17-15(20-16)14-9-5-2-6-10-14/h1-10H,11-12H2. The second kappa shape index (κ2) is 5.57. The molecular weight excluding hydrogens is 252 g/mol. The van der Waals surface area contributed by atoms with Crippen LogP contribution < -0.4 is 5.76 Å². The molecule has 4 heteroatoms. The van der Waals surface area contributed by atoms with Crippen molar-refractivity contribution < 1.29 is 4.42 Å². The van der Waals surface area contributed by atoms with E-state index in [1.807, 2.05) is 60.7 Å². The summed E-state index contributed by atoms with van der Waals surface area (Å²) >= 11 is 0. The number of aromatic nitrogens is 2. The van der Waals surface area contributed by atoms with Crippen molar-refractivity contribution in [2.75, 3.05) is 0 Å². The molecule has 0 bridgehead atoms. The van der Waals surface area contributed by atoms with Gasteiger partial charge in [0.05, 0.1) is 6.54 Å². The molecule has 0 amide bonds. The van der Waals surface area contributed by atoms with Crippen LogP contribution in [-0.4, -0.2) is 9.78 Å². The van der Waals surface area contributed by atoms with Crippen LogP contribution in [0, 0.1) is 0 Å². The monoisotopic (exact) mass is 266 g/mol. The van der Waals surface area contributed by atoms with Crippen molar-refractivity contribution in [1.82, 2.24) is 9.78 Å². The van der Waals surface area contributed by atoms with E-state index in [1.54, 1.807) is 0 Å². The molecule has 3 rings (SSSR count). The SMILES string of the molecule is O=c1oc(-c2ccccc2)nn1CCc1ccccc1. The average Bonchev–Trinajstić information content (AvgIpc) is 2.88. The highest BCUT2D eigenvalue weighted by molar-refractivity contribution is 5.51. The lowest BCUT2D eigenvalue weighted by Crippen LogP contribution is -2.17. The molecule has 0 aliphatic heterocycles. The maximum absolute atomic E-state index is 11.8. The first-order chi connectivity index (χ1) is 9.83. The van der Waals surface area contributed by atoms with Crippen LogP contribution >= 0.6 is 0 Å². The van der Waals surface area contributed by atoms with E-state index in [-0.39, 0.29) is 0 Å². The highest BCUT2D eigenvalue weighted by Gasteiger charge is 2.09. The first-order valence-corrected chi connectivity index (χ1v) is 6.50. The summed E-state index contributed by atoms with van der Waals surface area (Å²) < 4.78 is 6.56. The van der Waals surface area contributed by atoms with Gasteiger partial charge in [0.1, 0.15) is 0 Å². The molecule has 0 atom stereocenters. The highest BCUT2D eigenvalue weighted by atomic mass is 16.4. The summed E-state index contributed by atoms with van der Waals surface area (Å²) in [6.45, 7) is 0.513. The predicted octanol–water partition coefficient (Wildman–Crippen LogP) is 2.75. The molecule has 0 radical (unpaired) electrons. The normalized spacial score (nSPS) is 10.6. The summed E-state index contributed by atoms with van der Waals surface area (Å²) in [5.74, 6) is -0.0524. The first kappa shape index (κ1) is 12.4. The lowest BCUT2D eigenvalue weighted by atomic mass is 10.2. The molecule has 2 aromatic carbocycles. The van der Waals surface area contributed by atoms with E-state index >= 15 is 0 Å². The Bertz CT molecular complexity index is 730. The number of hydrogen-bond acceptors (Lipinski definition) is 3. The van der Waals surface area contributed by atoms with Crippen molar-refractivity contribution in [3.63, 3.8) is 0 Å². The van der Waals surface area contributed by atoms with Gasteiger partial charge in [-0.1, -0.05) is 48.5 Å². The molecule has 1 heterocycles. The third-order valence-corrected chi connectivity index (χ3v) is 3.08. The number of benzene rings is 2. The Morgan fingerprint density at radius 3 is 2.30 bits per heavy atom. The van der Waals surface area contributed by atoms with Gasteiger partial charge in [-0.15, -0.1) is 5.10 Å².